The Morgan fingerprint density at radius 2 is 1.92 bits per heavy atom. The van der Waals surface area contributed by atoms with Crippen LogP contribution in [0.5, 0.6) is 0 Å². The molecule has 0 aliphatic carbocycles. The zero-order chi connectivity index (χ0) is 9.84. The van der Waals surface area contributed by atoms with E-state index in [0.717, 1.165) is 11.5 Å². The summed E-state index contributed by atoms with van der Waals surface area (Å²) in [7, 11) is 3.84. The Morgan fingerprint density at radius 1 is 1.38 bits per heavy atom. The normalized spacial score (nSPS) is 12.6. The topological polar surface area (TPSA) is 55.0 Å². The molecule has 0 aliphatic heterocycles. The van der Waals surface area contributed by atoms with Crippen LogP contribution < -0.4 is 10.6 Å². The van der Waals surface area contributed by atoms with E-state index in [2.05, 4.69) is 16.9 Å². The summed E-state index contributed by atoms with van der Waals surface area (Å²) in [6.07, 6.45) is 3.67. The number of nitrogens with two attached hydrogens (primary N) is 1. The van der Waals surface area contributed by atoms with Crippen molar-refractivity contribution in [1.82, 2.24) is 9.97 Å². The van der Waals surface area contributed by atoms with Gasteiger partial charge in [-0.25, -0.2) is 9.97 Å². The molecule has 2 N–H and O–H groups in total. The minimum absolute atomic E-state index is 0.330. The molecule has 0 aliphatic rings. The zero-order valence-corrected chi connectivity index (χ0v) is 8.36. The van der Waals surface area contributed by atoms with Gasteiger partial charge in [-0.2, -0.15) is 0 Å². The third-order valence-corrected chi connectivity index (χ3v) is 1.98. The first-order valence-corrected chi connectivity index (χ1v) is 4.34. The predicted octanol–water partition coefficient (Wildman–Crippen LogP) is 0.605. The third-order valence-electron chi connectivity index (χ3n) is 1.98. The lowest BCUT2D eigenvalue weighted by Gasteiger charge is -2.11. The standard InChI is InChI=1S/C9H16N4/c1-7(4-10)8-5-11-9(12-6-8)13(2)3/h5-7H,4,10H2,1-3H3. The molecule has 0 fully saturated rings. The number of rotatable bonds is 3. The van der Waals surface area contributed by atoms with Gasteiger partial charge in [-0.1, -0.05) is 6.92 Å². The average molecular weight is 180 g/mol. The highest BCUT2D eigenvalue weighted by atomic mass is 15.2. The first kappa shape index (κ1) is 9.92. The Bertz CT molecular complexity index is 255. The fourth-order valence-corrected chi connectivity index (χ4v) is 0.953. The minimum atomic E-state index is 0.330. The molecule has 13 heavy (non-hydrogen) atoms. The van der Waals surface area contributed by atoms with Gasteiger partial charge < -0.3 is 10.6 Å². The van der Waals surface area contributed by atoms with Gasteiger partial charge in [0, 0.05) is 26.5 Å². The molecule has 0 bridgehead atoms. The van der Waals surface area contributed by atoms with Gasteiger partial charge in [0.15, 0.2) is 0 Å². The van der Waals surface area contributed by atoms with Crippen LogP contribution in [0.25, 0.3) is 0 Å². The summed E-state index contributed by atoms with van der Waals surface area (Å²) in [5.41, 5.74) is 6.63. The van der Waals surface area contributed by atoms with Crippen molar-refractivity contribution in [3.8, 4) is 0 Å². The van der Waals surface area contributed by atoms with Crippen LogP contribution in [-0.2, 0) is 0 Å². The lowest BCUT2D eigenvalue weighted by atomic mass is 10.1. The largest absolute Gasteiger partial charge is 0.347 e. The summed E-state index contributed by atoms with van der Waals surface area (Å²) < 4.78 is 0. The molecule has 1 unspecified atom stereocenters. The Morgan fingerprint density at radius 3 is 2.31 bits per heavy atom. The molecular formula is C9H16N4. The molecule has 0 saturated carbocycles. The van der Waals surface area contributed by atoms with E-state index >= 15 is 0 Å². The second-order valence-corrected chi connectivity index (χ2v) is 3.35. The van der Waals surface area contributed by atoms with E-state index in [9.17, 15) is 0 Å². The summed E-state index contributed by atoms with van der Waals surface area (Å²) in [5.74, 6) is 1.06. The summed E-state index contributed by atoms with van der Waals surface area (Å²) in [4.78, 5) is 10.3. The van der Waals surface area contributed by atoms with Crippen LogP contribution in [0, 0.1) is 0 Å². The van der Waals surface area contributed by atoms with Gasteiger partial charge >= 0.3 is 0 Å². The predicted molar refractivity (Wildman–Crippen MR) is 53.8 cm³/mol. The van der Waals surface area contributed by atoms with E-state index in [1.54, 1.807) is 0 Å². The molecule has 0 saturated heterocycles. The second kappa shape index (κ2) is 4.18. The van der Waals surface area contributed by atoms with Gasteiger partial charge in [0.05, 0.1) is 0 Å². The smallest absolute Gasteiger partial charge is 0.224 e. The maximum absolute atomic E-state index is 5.54. The van der Waals surface area contributed by atoms with Crippen molar-refractivity contribution in [2.75, 3.05) is 25.5 Å². The minimum Gasteiger partial charge on any atom is -0.347 e. The fourth-order valence-electron chi connectivity index (χ4n) is 0.953. The maximum Gasteiger partial charge on any atom is 0.224 e. The van der Waals surface area contributed by atoms with Gasteiger partial charge in [0.25, 0.3) is 0 Å². The van der Waals surface area contributed by atoms with Crippen molar-refractivity contribution in [2.45, 2.75) is 12.8 Å². The molecule has 72 valence electrons. The van der Waals surface area contributed by atoms with Crippen LogP contribution in [-0.4, -0.2) is 30.6 Å². The molecule has 4 nitrogen and oxygen atoms in total. The molecule has 0 spiro atoms. The number of hydrogen-bond acceptors (Lipinski definition) is 4. The van der Waals surface area contributed by atoms with E-state index in [-0.39, 0.29) is 0 Å². The van der Waals surface area contributed by atoms with E-state index < -0.39 is 0 Å². The van der Waals surface area contributed by atoms with Gasteiger partial charge in [-0.3, -0.25) is 0 Å². The molecule has 1 atom stereocenters. The van der Waals surface area contributed by atoms with Crippen LogP contribution in [0.15, 0.2) is 12.4 Å². The summed E-state index contributed by atoms with van der Waals surface area (Å²) in [6.45, 7) is 2.69. The van der Waals surface area contributed by atoms with Crippen LogP contribution in [0.4, 0.5) is 5.95 Å². The molecule has 1 heterocycles. The van der Waals surface area contributed by atoms with Crippen molar-refractivity contribution < 1.29 is 0 Å². The maximum atomic E-state index is 5.54. The average Bonchev–Trinajstić information content (AvgIpc) is 2.17. The molecule has 0 aromatic carbocycles. The molecule has 0 radical (unpaired) electrons. The Kier molecular flexibility index (Phi) is 3.19. The van der Waals surface area contributed by atoms with Gasteiger partial charge in [0.2, 0.25) is 5.95 Å². The molecular weight excluding hydrogens is 164 g/mol. The highest BCUT2D eigenvalue weighted by molar-refractivity contribution is 5.27. The number of hydrogen-bond donors (Lipinski definition) is 1. The van der Waals surface area contributed by atoms with Crippen molar-refractivity contribution >= 4 is 5.95 Å². The van der Waals surface area contributed by atoms with Crippen LogP contribution >= 0.6 is 0 Å². The lowest BCUT2D eigenvalue weighted by molar-refractivity contribution is 0.761. The van der Waals surface area contributed by atoms with E-state index in [0.29, 0.717) is 12.5 Å². The van der Waals surface area contributed by atoms with Crippen LogP contribution in [0.2, 0.25) is 0 Å². The number of nitrogens with zero attached hydrogens (tertiary/aromatic N) is 3. The van der Waals surface area contributed by atoms with Gasteiger partial charge in [0.1, 0.15) is 0 Å². The van der Waals surface area contributed by atoms with Crippen molar-refractivity contribution in [2.24, 2.45) is 5.73 Å². The Hall–Kier alpha value is -1.16. The molecule has 0 amide bonds. The molecule has 1 aromatic heterocycles. The van der Waals surface area contributed by atoms with Gasteiger partial charge in [-0.15, -0.1) is 0 Å². The zero-order valence-electron chi connectivity index (χ0n) is 8.36. The summed E-state index contributed by atoms with van der Waals surface area (Å²) >= 11 is 0. The van der Waals surface area contributed by atoms with E-state index in [4.69, 9.17) is 5.73 Å². The summed E-state index contributed by atoms with van der Waals surface area (Å²) in [5, 5.41) is 0. The number of anilines is 1. The van der Waals surface area contributed by atoms with Crippen molar-refractivity contribution in [1.29, 1.82) is 0 Å². The van der Waals surface area contributed by atoms with Gasteiger partial charge in [-0.05, 0) is 18.0 Å². The molecule has 4 heteroatoms. The van der Waals surface area contributed by atoms with Crippen LogP contribution in [0.1, 0.15) is 18.4 Å². The third kappa shape index (κ3) is 2.39. The Balaban J connectivity index is 2.81. The van der Waals surface area contributed by atoms with E-state index in [1.807, 2.05) is 31.4 Å². The first-order valence-electron chi connectivity index (χ1n) is 4.34. The fraction of sp³-hybridized carbons (Fsp3) is 0.556. The van der Waals surface area contributed by atoms with E-state index in [1.165, 1.54) is 0 Å². The van der Waals surface area contributed by atoms with Crippen molar-refractivity contribution in [3.05, 3.63) is 18.0 Å². The highest BCUT2D eigenvalue weighted by Crippen LogP contribution is 2.12. The summed E-state index contributed by atoms with van der Waals surface area (Å²) in [6, 6.07) is 0. The lowest BCUT2D eigenvalue weighted by Crippen LogP contribution is -2.14. The molecule has 1 rings (SSSR count). The quantitative estimate of drug-likeness (QED) is 0.740. The van der Waals surface area contributed by atoms with Crippen LogP contribution in [0.3, 0.4) is 0 Å². The number of aromatic nitrogens is 2. The molecule has 1 aromatic rings. The second-order valence-electron chi connectivity index (χ2n) is 3.35. The van der Waals surface area contributed by atoms with Crippen molar-refractivity contribution in [3.63, 3.8) is 0 Å². The Labute approximate surface area is 78.8 Å². The SMILES string of the molecule is CC(CN)c1cnc(N(C)C)nc1. The highest BCUT2D eigenvalue weighted by Gasteiger charge is 2.04. The first-order chi connectivity index (χ1) is 6.15. The monoisotopic (exact) mass is 180 g/mol.